The van der Waals surface area contributed by atoms with Crippen molar-refractivity contribution in [1.29, 1.82) is 0 Å². The molecule has 0 aliphatic rings. The third kappa shape index (κ3) is 2.29. The molecule has 0 atom stereocenters. The second kappa shape index (κ2) is 3.75. The highest BCUT2D eigenvalue weighted by atomic mass is 16.4. The number of aliphatic hydroxyl groups is 1. The summed E-state index contributed by atoms with van der Waals surface area (Å²) in [4.78, 5) is 10.8. The standard InChI is InChI=1S/C8H13N3O3/c1-8(2,7(13)14)5-11-3-6(4-12)9-10-11/h3,12H,4-5H2,1-2H3,(H,13,14). The van der Waals surface area contributed by atoms with Crippen molar-refractivity contribution in [3.8, 4) is 0 Å². The van der Waals surface area contributed by atoms with Crippen molar-refractivity contribution in [2.24, 2.45) is 5.41 Å². The molecule has 0 aliphatic heterocycles. The van der Waals surface area contributed by atoms with Crippen LogP contribution in [0.3, 0.4) is 0 Å². The number of carboxylic acid groups (broad SMARTS) is 1. The average Bonchev–Trinajstić information content (AvgIpc) is 2.51. The van der Waals surface area contributed by atoms with Gasteiger partial charge in [0, 0.05) is 0 Å². The molecule has 0 aromatic carbocycles. The van der Waals surface area contributed by atoms with Gasteiger partial charge >= 0.3 is 5.97 Å². The third-order valence-electron chi connectivity index (χ3n) is 1.88. The van der Waals surface area contributed by atoms with E-state index in [4.69, 9.17) is 10.2 Å². The minimum Gasteiger partial charge on any atom is -0.481 e. The molecule has 0 saturated carbocycles. The predicted octanol–water partition coefficient (Wildman–Crippen LogP) is -0.119. The first-order valence-corrected chi connectivity index (χ1v) is 4.19. The van der Waals surface area contributed by atoms with Crippen molar-refractivity contribution in [1.82, 2.24) is 15.0 Å². The molecule has 1 aromatic heterocycles. The highest BCUT2D eigenvalue weighted by molar-refractivity contribution is 5.73. The van der Waals surface area contributed by atoms with E-state index in [0.29, 0.717) is 5.69 Å². The van der Waals surface area contributed by atoms with Gasteiger partial charge in [-0.05, 0) is 13.8 Å². The van der Waals surface area contributed by atoms with E-state index in [1.807, 2.05) is 0 Å². The molecule has 0 unspecified atom stereocenters. The Morgan fingerprint density at radius 2 is 2.29 bits per heavy atom. The van der Waals surface area contributed by atoms with Crippen LogP contribution < -0.4 is 0 Å². The molecule has 0 saturated heterocycles. The maximum atomic E-state index is 10.8. The van der Waals surface area contributed by atoms with E-state index in [9.17, 15) is 4.79 Å². The van der Waals surface area contributed by atoms with Gasteiger partial charge in [-0.3, -0.25) is 9.48 Å². The third-order valence-corrected chi connectivity index (χ3v) is 1.88. The van der Waals surface area contributed by atoms with Crippen LogP contribution in [0.2, 0.25) is 0 Å². The molecule has 78 valence electrons. The molecule has 0 amide bonds. The zero-order chi connectivity index (χ0) is 10.8. The van der Waals surface area contributed by atoms with E-state index in [0.717, 1.165) is 0 Å². The molecule has 0 spiro atoms. The predicted molar refractivity (Wildman–Crippen MR) is 47.4 cm³/mol. The normalized spacial score (nSPS) is 11.6. The first kappa shape index (κ1) is 10.6. The van der Waals surface area contributed by atoms with Crippen molar-refractivity contribution in [3.05, 3.63) is 11.9 Å². The number of rotatable bonds is 4. The van der Waals surface area contributed by atoms with E-state index in [2.05, 4.69) is 10.3 Å². The van der Waals surface area contributed by atoms with Crippen LogP contribution in [-0.2, 0) is 17.9 Å². The summed E-state index contributed by atoms with van der Waals surface area (Å²) in [5, 5.41) is 24.9. The van der Waals surface area contributed by atoms with Gasteiger partial charge < -0.3 is 10.2 Å². The summed E-state index contributed by atoms with van der Waals surface area (Å²) < 4.78 is 1.42. The Bertz CT molecular complexity index is 332. The minimum atomic E-state index is -0.890. The molecular weight excluding hydrogens is 186 g/mol. The summed E-state index contributed by atoms with van der Waals surface area (Å²) in [5.74, 6) is -0.890. The van der Waals surface area contributed by atoms with Crippen LogP contribution in [0.15, 0.2) is 6.20 Å². The van der Waals surface area contributed by atoms with Crippen LogP contribution in [0.25, 0.3) is 0 Å². The topological polar surface area (TPSA) is 88.2 Å². The van der Waals surface area contributed by atoms with E-state index >= 15 is 0 Å². The van der Waals surface area contributed by atoms with Crippen LogP contribution >= 0.6 is 0 Å². The van der Waals surface area contributed by atoms with Gasteiger partial charge in [0.05, 0.1) is 24.8 Å². The molecule has 14 heavy (non-hydrogen) atoms. The molecule has 1 heterocycles. The summed E-state index contributed by atoms with van der Waals surface area (Å²) >= 11 is 0. The Labute approximate surface area is 81.2 Å². The Morgan fingerprint density at radius 3 is 2.71 bits per heavy atom. The quantitative estimate of drug-likeness (QED) is 0.705. The maximum absolute atomic E-state index is 10.8. The molecule has 0 radical (unpaired) electrons. The van der Waals surface area contributed by atoms with Gasteiger partial charge in [0.2, 0.25) is 0 Å². The summed E-state index contributed by atoms with van der Waals surface area (Å²) in [6, 6.07) is 0. The zero-order valence-electron chi connectivity index (χ0n) is 8.14. The number of aliphatic hydroxyl groups excluding tert-OH is 1. The molecule has 6 nitrogen and oxygen atoms in total. The van der Waals surface area contributed by atoms with E-state index in [-0.39, 0.29) is 13.2 Å². The fourth-order valence-electron chi connectivity index (χ4n) is 0.961. The molecule has 2 N–H and O–H groups in total. The largest absolute Gasteiger partial charge is 0.481 e. The number of hydrogen-bond acceptors (Lipinski definition) is 4. The van der Waals surface area contributed by atoms with Crippen LogP contribution in [0, 0.1) is 5.41 Å². The molecule has 6 heteroatoms. The second-order valence-corrected chi connectivity index (χ2v) is 3.75. The Hall–Kier alpha value is -1.43. The average molecular weight is 199 g/mol. The molecule has 0 fully saturated rings. The lowest BCUT2D eigenvalue weighted by Gasteiger charge is -2.17. The molecule has 1 rings (SSSR count). The van der Waals surface area contributed by atoms with Gasteiger partial charge in [-0.2, -0.15) is 0 Å². The fourth-order valence-corrected chi connectivity index (χ4v) is 0.961. The Kier molecular flexibility index (Phi) is 2.85. The summed E-state index contributed by atoms with van der Waals surface area (Å²) in [5.41, 5.74) is -0.452. The molecular formula is C8H13N3O3. The fraction of sp³-hybridized carbons (Fsp3) is 0.625. The van der Waals surface area contributed by atoms with Gasteiger partial charge in [0.15, 0.2) is 0 Å². The van der Waals surface area contributed by atoms with Gasteiger partial charge in [-0.15, -0.1) is 5.10 Å². The summed E-state index contributed by atoms with van der Waals surface area (Å²) in [6.45, 7) is 3.26. The number of carboxylic acids is 1. The monoisotopic (exact) mass is 199 g/mol. The lowest BCUT2D eigenvalue weighted by molar-refractivity contribution is -0.147. The SMILES string of the molecule is CC(C)(Cn1cc(CO)nn1)C(=O)O. The van der Waals surface area contributed by atoms with Crippen molar-refractivity contribution >= 4 is 5.97 Å². The van der Waals surface area contributed by atoms with Crippen molar-refractivity contribution in [3.63, 3.8) is 0 Å². The Balaban J connectivity index is 2.73. The number of aromatic nitrogens is 3. The smallest absolute Gasteiger partial charge is 0.310 e. The van der Waals surface area contributed by atoms with Crippen LogP contribution in [0.1, 0.15) is 19.5 Å². The van der Waals surface area contributed by atoms with Crippen LogP contribution in [-0.4, -0.2) is 31.2 Å². The minimum absolute atomic E-state index is 0.187. The summed E-state index contributed by atoms with van der Waals surface area (Å²) in [7, 11) is 0. The lowest BCUT2D eigenvalue weighted by atomic mass is 9.94. The van der Waals surface area contributed by atoms with Gasteiger partial charge in [-0.25, -0.2) is 0 Å². The van der Waals surface area contributed by atoms with Gasteiger partial charge in [0.25, 0.3) is 0 Å². The van der Waals surface area contributed by atoms with Crippen molar-refractivity contribution < 1.29 is 15.0 Å². The number of hydrogen-bond donors (Lipinski definition) is 2. The van der Waals surface area contributed by atoms with Crippen molar-refractivity contribution in [2.45, 2.75) is 27.0 Å². The van der Waals surface area contributed by atoms with E-state index in [1.165, 1.54) is 10.9 Å². The highest BCUT2D eigenvalue weighted by Crippen LogP contribution is 2.17. The van der Waals surface area contributed by atoms with E-state index in [1.54, 1.807) is 13.8 Å². The zero-order valence-corrected chi connectivity index (χ0v) is 8.14. The first-order chi connectivity index (χ1) is 6.45. The Morgan fingerprint density at radius 1 is 1.64 bits per heavy atom. The number of carbonyl (C=O) groups is 1. The first-order valence-electron chi connectivity index (χ1n) is 4.19. The molecule has 1 aromatic rings. The molecule has 0 aliphatic carbocycles. The van der Waals surface area contributed by atoms with Gasteiger partial charge in [-0.1, -0.05) is 5.21 Å². The summed E-state index contributed by atoms with van der Waals surface area (Å²) in [6.07, 6.45) is 1.53. The highest BCUT2D eigenvalue weighted by Gasteiger charge is 2.28. The maximum Gasteiger partial charge on any atom is 0.310 e. The van der Waals surface area contributed by atoms with Crippen molar-refractivity contribution in [2.75, 3.05) is 0 Å². The van der Waals surface area contributed by atoms with E-state index < -0.39 is 11.4 Å². The second-order valence-electron chi connectivity index (χ2n) is 3.75. The van der Waals surface area contributed by atoms with Crippen LogP contribution in [0.4, 0.5) is 0 Å². The number of aliphatic carboxylic acids is 1. The number of nitrogens with zero attached hydrogens (tertiary/aromatic N) is 3. The van der Waals surface area contributed by atoms with Crippen LogP contribution in [0.5, 0.6) is 0 Å². The van der Waals surface area contributed by atoms with Gasteiger partial charge in [0.1, 0.15) is 5.69 Å². The lowest BCUT2D eigenvalue weighted by Crippen LogP contribution is -2.29. The molecule has 0 bridgehead atoms.